The third-order valence-electron chi connectivity index (χ3n) is 11.4. The van der Waals surface area contributed by atoms with Crippen molar-refractivity contribution in [2.45, 2.75) is 264 Å². The van der Waals surface area contributed by atoms with Gasteiger partial charge in [-0.15, -0.1) is 0 Å². The molecule has 3 unspecified atom stereocenters. The molecule has 11 heteroatoms. The number of phosphoric ester groups is 1. The van der Waals surface area contributed by atoms with Crippen molar-refractivity contribution in [2.75, 3.05) is 26.4 Å². The van der Waals surface area contributed by atoms with Gasteiger partial charge in [-0.05, 0) is 44.9 Å². The summed E-state index contributed by atoms with van der Waals surface area (Å²) in [6.45, 7) is 2.21. The summed E-state index contributed by atoms with van der Waals surface area (Å²) in [5.41, 5.74) is 0. The molecular weight excluding hydrogens is 804 g/mol. The van der Waals surface area contributed by atoms with Gasteiger partial charge in [0.15, 0.2) is 0 Å². The van der Waals surface area contributed by atoms with Crippen molar-refractivity contribution in [3.8, 4) is 0 Å². The minimum Gasteiger partial charge on any atom is -0.457 e. The van der Waals surface area contributed by atoms with Gasteiger partial charge in [0.25, 0.3) is 0 Å². The highest BCUT2D eigenvalue weighted by atomic mass is 31.2. The van der Waals surface area contributed by atoms with Crippen molar-refractivity contribution < 1.29 is 47.8 Å². The van der Waals surface area contributed by atoms with Crippen LogP contribution in [0.1, 0.15) is 251 Å². The van der Waals surface area contributed by atoms with Crippen LogP contribution >= 0.6 is 7.82 Å². The van der Waals surface area contributed by atoms with E-state index in [0.29, 0.717) is 12.8 Å². The summed E-state index contributed by atoms with van der Waals surface area (Å²) in [5.74, 6) is -1.02. The summed E-state index contributed by atoms with van der Waals surface area (Å²) in [5, 5.41) is 19.2. The number of ether oxygens (including phenoxy) is 2. The largest absolute Gasteiger partial charge is 0.472 e. The van der Waals surface area contributed by atoms with E-state index in [1.54, 1.807) is 0 Å². The zero-order valence-corrected chi connectivity index (χ0v) is 41.0. The number of esters is 2. The lowest BCUT2D eigenvalue weighted by Gasteiger charge is -2.20. The molecule has 3 N–H and O–H groups in total. The molecule has 0 aromatic rings. The average molecular weight is 901 g/mol. The topological polar surface area (TPSA) is 149 Å². The van der Waals surface area contributed by atoms with E-state index in [0.717, 1.165) is 64.2 Å². The number of aliphatic hydroxyl groups excluding tert-OH is 2. The molecule has 0 saturated heterocycles. The fourth-order valence-corrected chi connectivity index (χ4v) is 8.23. The van der Waals surface area contributed by atoms with E-state index < -0.39 is 58.4 Å². The first-order chi connectivity index (χ1) is 30.3. The van der Waals surface area contributed by atoms with Crippen molar-refractivity contribution in [1.29, 1.82) is 0 Å². The number of carbonyl (C=O) groups excluding carboxylic acids is 2. The van der Waals surface area contributed by atoms with Crippen molar-refractivity contribution in [1.82, 2.24) is 0 Å². The maximum Gasteiger partial charge on any atom is 0.472 e. The molecule has 0 spiro atoms. The number of rotatable bonds is 49. The van der Waals surface area contributed by atoms with E-state index in [-0.39, 0.29) is 12.8 Å². The van der Waals surface area contributed by atoms with Gasteiger partial charge in [-0.1, -0.05) is 218 Å². The van der Waals surface area contributed by atoms with Crippen LogP contribution in [0.5, 0.6) is 0 Å². The molecule has 0 radical (unpaired) electrons. The number of aliphatic hydroxyl groups is 2. The Balaban J connectivity index is 3.79. The van der Waals surface area contributed by atoms with Crippen LogP contribution < -0.4 is 0 Å². The predicted octanol–water partition coefficient (Wildman–Crippen LogP) is 14.5. The van der Waals surface area contributed by atoms with Gasteiger partial charge in [0.1, 0.15) is 12.2 Å². The molecule has 366 valence electrons. The van der Waals surface area contributed by atoms with E-state index in [1.807, 2.05) is 0 Å². The molecule has 0 aromatic carbocycles. The zero-order valence-electron chi connectivity index (χ0n) is 40.1. The van der Waals surface area contributed by atoms with E-state index in [9.17, 15) is 29.3 Å². The normalized spacial score (nSPS) is 13.8. The van der Waals surface area contributed by atoms with E-state index in [1.165, 1.54) is 148 Å². The lowest BCUT2D eigenvalue weighted by Crippen LogP contribution is -2.28. The quantitative estimate of drug-likeness (QED) is 0.0233. The van der Waals surface area contributed by atoms with E-state index in [4.69, 9.17) is 18.5 Å². The summed E-state index contributed by atoms with van der Waals surface area (Å²) >= 11 is 0. The number of allylic oxidation sites excluding steroid dienone is 4. The van der Waals surface area contributed by atoms with Crippen LogP contribution in [0.4, 0.5) is 0 Å². The Bertz CT molecular complexity index is 1080. The van der Waals surface area contributed by atoms with E-state index in [2.05, 4.69) is 38.2 Å². The van der Waals surface area contributed by atoms with Gasteiger partial charge in [0.2, 0.25) is 0 Å². The van der Waals surface area contributed by atoms with E-state index >= 15 is 0 Å². The van der Waals surface area contributed by atoms with Crippen molar-refractivity contribution in [2.24, 2.45) is 0 Å². The van der Waals surface area contributed by atoms with Gasteiger partial charge in [-0.3, -0.25) is 18.6 Å². The third-order valence-corrected chi connectivity index (χ3v) is 12.4. The Labute approximate surface area is 380 Å². The van der Waals surface area contributed by atoms with Crippen molar-refractivity contribution in [3.05, 3.63) is 24.3 Å². The highest BCUT2D eigenvalue weighted by Crippen LogP contribution is 2.43. The summed E-state index contributed by atoms with van der Waals surface area (Å²) in [4.78, 5) is 34.6. The number of unbranched alkanes of at least 4 members (excludes halogenated alkanes) is 31. The Morgan fingerprint density at radius 2 is 0.710 bits per heavy atom. The Hall–Kier alpha value is -1.55. The molecule has 0 rings (SSSR count). The Kier molecular flexibility index (Phi) is 46.2. The van der Waals surface area contributed by atoms with Gasteiger partial charge in [0, 0.05) is 12.8 Å². The molecule has 0 amide bonds. The van der Waals surface area contributed by atoms with Crippen LogP contribution in [0.25, 0.3) is 0 Å². The summed E-state index contributed by atoms with van der Waals surface area (Å²) in [7, 11) is -4.64. The highest BCUT2D eigenvalue weighted by Gasteiger charge is 2.27. The van der Waals surface area contributed by atoms with Crippen LogP contribution in [0.2, 0.25) is 0 Å². The molecule has 0 aliphatic carbocycles. The van der Waals surface area contributed by atoms with Crippen molar-refractivity contribution in [3.63, 3.8) is 0 Å². The standard InChI is InChI=1S/C51H97O10P/c1-3-5-7-9-11-13-15-17-19-20-21-22-23-24-25-26-27-29-31-33-35-37-39-41-43-51(55)61-49(45-53)47-59-62(56,57)58-46-48(44-52)60-50(54)42-40-38-36-34-32-30-28-18-16-14-12-10-8-6-4-2/h12,14,18,28,48-49,52-53H,3-11,13,15-17,19-27,29-47H2,1-2H3,(H,56,57)/b14-12-,28-18-. The molecule has 0 aromatic heterocycles. The number of carbonyl (C=O) groups is 2. The molecule has 0 aliphatic heterocycles. The first kappa shape index (κ1) is 60.5. The molecule has 3 atom stereocenters. The highest BCUT2D eigenvalue weighted by molar-refractivity contribution is 7.47. The number of hydrogen-bond acceptors (Lipinski definition) is 9. The average Bonchev–Trinajstić information content (AvgIpc) is 3.26. The minimum absolute atomic E-state index is 0.178. The fourth-order valence-electron chi connectivity index (χ4n) is 7.44. The lowest BCUT2D eigenvalue weighted by atomic mass is 10.0. The molecule has 0 heterocycles. The Morgan fingerprint density at radius 3 is 1.03 bits per heavy atom. The van der Waals surface area contributed by atoms with Crippen LogP contribution in [0, 0.1) is 0 Å². The molecular formula is C51H97O10P. The van der Waals surface area contributed by atoms with Crippen LogP contribution in [0.3, 0.4) is 0 Å². The minimum atomic E-state index is -4.64. The molecule has 10 nitrogen and oxygen atoms in total. The SMILES string of the molecule is CCCCC/C=C\C/C=C\CCCCCCCC(=O)OC(CO)COP(=O)(O)OCC(CO)OC(=O)CCCCCCCCCCCCCCCCCCCCCCCCCC. The van der Waals surface area contributed by atoms with Crippen LogP contribution in [-0.2, 0) is 32.7 Å². The fraction of sp³-hybridized carbons (Fsp3) is 0.882. The smallest absolute Gasteiger partial charge is 0.457 e. The van der Waals surface area contributed by atoms with Crippen LogP contribution in [-0.4, -0.2) is 65.7 Å². The first-order valence-electron chi connectivity index (χ1n) is 25.8. The lowest BCUT2D eigenvalue weighted by molar-refractivity contribution is -0.153. The van der Waals surface area contributed by atoms with Gasteiger partial charge < -0.3 is 24.6 Å². The molecule has 0 aliphatic rings. The zero-order chi connectivity index (χ0) is 45.5. The second-order valence-corrected chi connectivity index (χ2v) is 19.0. The molecule has 0 bridgehead atoms. The summed E-state index contributed by atoms with van der Waals surface area (Å²) < 4.78 is 32.7. The van der Waals surface area contributed by atoms with Gasteiger partial charge in [-0.2, -0.15) is 0 Å². The maximum absolute atomic E-state index is 12.4. The molecule has 0 fully saturated rings. The monoisotopic (exact) mass is 901 g/mol. The number of hydrogen-bond donors (Lipinski definition) is 3. The molecule has 0 saturated carbocycles. The second kappa shape index (κ2) is 47.4. The van der Waals surface area contributed by atoms with Crippen LogP contribution in [0.15, 0.2) is 24.3 Å². The van der Waals surface area contributed by atoms with Crippen molar-refractivity contribution >= 4 is 19.8 Å². The second-order valence-electron chi connectivity index (χ2n) is 17.5. The summed E-state index contributed by atoms with van der Waals surface area (Å²) in [6, 6.07) is 0. The van der Waals surface area contributed by atoms with Gasteiger partial charge in [0.05, 0.1) is 26.4 Å². The first-order valence-corrected chi connectivity index (χ1v) is 27.3. The summed E-state index contributed by atoms with van der Waals surface area (Å²) in [6.07, 6.45) is 50.2. The maximum atomic E-state index is 12.4. The third kappa shape index (κ3) is 45.0. The molecule has 62 heavy (non-hydrogen) atoms. The van der Waals surface area contributed by atoms with Gasteiger partial charge in [-0.25, -0.2) is 4.57 Å². The predicted molar refractivity (Wildman–Crippen MR) is 256 cm³/mol. The number of phosphoric acid groups is 1. The Morgan fingerprint density at radius 1 is 0.435 bits per heavy atom. The van der Waals surface area contributed by atoms with Gasteiger partial charge >= 0.3 is 19.8 Å².